The number of hydrogen-bond donors (Lipinski definition) is 3. The summed E-state index contributed by atoms with van der Waals surface area (Å²) in [6, 6.07) is 10.0. The summed E-state index contributed by atoms with van der Waals surface area (Å²) in [4.78, 5) is 41.1. The quantitative estimate of drug-likeness (QED) is 0.431. The number of anilines is 2. The molecular weight excluding hydrogens is 398 g/mol. The molecule has 9 nitrogen and oxygen atoms in total. The molecule has 4 N–H and O–H groups in total. The molecular formula is C22H33N5O4. The molecule has 0 radical (unpaired) electrons. The fraction of sp³-hybridized carbons (Fsp3) is 0.500. The Morgan fingerprint density at radius 3 is 2.61 bits per heavy atom. The Morgan fingerprint density at radius 2 is 1.97 bits per heavy atom. The Kier molecular flexibility index (Phi) is 9.33. The zero-order chi connectivity index (χ0) is 22.8. The number of carbonyl (C=O) groups is 1. The number of rotatable bonds is 12. The molecule has 0 aliphatic carbocycles. The minimum atomic E-state index is -0.615. The van der Waals surface area contributed by atoms with Crippen LogP contribution in [0.2, 0.25) is 0 Å². The summed E-state index contributed by atoms with van der Waals surface area (Å²) in [7, 11) is 1.54. The van der Waals surface area contributed by atoms with Crippen LogP contribution >= 0.6 is 0 Å². The zero-order valence-corrected chi connectivity index (χ0v) is 18.5. The van der Waals surface area contributed by atoms with Gasteiger partial charge in [0.1, 0.15) is 11.5 Å². The van der Waals surface area contributed by atoms with Gasteiger partial charge in [0.15, 0.2) is 0 Å². The van der Waals surface area contributed by atoms with Crippen molar-refractivity contribution in [3.63, 3.8) is 0 Å². The Labute approximate surface area is 182 Å². The SMILES string of the molecule is COCCN(CC(=O)NCCCc1ccccc1)c1c(N)n(CC(C)C)c(=O)[nH]c1=O. The second-order valence-electron chi connectivity index (χ2n) is 7.85. The van der Waals surface area contributed by atoms with Crippen LogP contribution in [0.4, 0.5) is 11.5 Å². The maximum absolute atomic E-state index is 12.5. The number of amides is 1. The third-order valence-corrected chi connectivity index (χ3v) is 4.79. The van der Waals surface area contributed by atoms with Crippen molar-refractivity contribution in [1.82, 2.24) is 14.9 Å². The molecule has 0 aliphatic heterocycles. The first-order valence-corrected chi connectivity index (χ1v) is 10.5. The summed E-state index contributed by atoms with van der Waals surface area (Å²) < 4.78 is 6.46. The number of benzene rings is 1. The van der Waals surface area contributed by atoms with Crippen molar-refractivity contribution in [2.45, 2.75) is 33.2 Å². The topological polar surface area (TPSA) is 122 Å². The highest BCUT2D eigenvalue weighted by atomic mass is 16.5. The summed E-state index contributed by atoms with van der Waals surface area (Å²) >= 11 is 0. The molecule has 0 saturated heterocycles. The van der Waals surface area contributed by atoms with Crippen LogP contribution in [0.3, 0.4) is 0 Å². The number of hydrogen-bond acceptors (Lipinski definition) is 6. The van der Waals surface area contributed by atoms with Crippen LogP contribution in [0.5, 0.6) is 0 Å². The number of nitrogens with two attached hydrogens (primary N) is 1. The summed E-state index contributed by atoms with van der Waals surface area (Å²) in [6.07, 6.45) is 1.66. The van der Waals surface area contributed by atoms with Gasteiger partial charge in [-0.05, 0) is 24.3 Å². The number of nitrogens with zero attached hydrogens (tertiary/aromatic N) is 2. The van der Waals surface area contributed by atoms with Crippen LogP contribution in [0, 0.1) is 5.92 Å². The van der Waals surface area contributed by atoms with E-state index in [0.717, 1.165) is 12.8 Å². The van der Waals surface area contributed by atoms with E-state index in [9.17, 15) is 14.4 Å². The molecule has 9 heteroatoms. The lowest BCUT2D eigenvalue weighted by atomic mass is 10.1. The van der Waals surface area contributed by atoms with Gasteiger partial charge >= 0.3 is 5.69 Å². The Hall–Kier alpha value is -3.07. The Morgan fingerprint density at radius 1 is 1.26 bits per heavy atom. The third-order valence-electron chi connectivity index (χ3n) is 4.79. The summed E-state index contributed by atoms with van der Waals surface area (Å²) in [5, 5.41) is 2.88. The van der Waals surface area contributed by atoms with E-state index >= 15 is 0 Å². The Bertz CT molecular complexity index is 953. The lowest BCUT2D eigenvalue weighted by Crippen LogP contribution is -2.44. The van der Waals surface area contributed by atoms with Crippen LogP contribution in [0.1, 0.15) is 25.8 Å². The number of aromatic nitrogens is 2. The summed E-state index contributed by atoms with van der Waals surface area (Å²) in [5.41, 5.74) is 6.34. The van der Waals surface area contributed by atoms with Gasteiger partial charge in [-0.2, -0.15) is 0 Å². The summed E-state index contributed by atoms with van der Waals surface area (Å²) in [5.74, 6) is -0.0286. The molecule has 2 aromatic rings. The van der Waals surface area contributed by atoms with Crippen LogP contribution in [0.25, 0.3) is 0 Å². The van der Waals surface area contributed by atoms with Crippen molar-refractivity contribution in [3.8, 4) is 0 Å². The standard InChI is InChI=1S/C22H33N5O4/c1-16(2)14-27-20(23)19(21(29)25-22(27)30)26(12-13-31-3)15-18(28)24-11-7-10-17-8-5-4-6-9-17/h4-6,8-9,16H,7,10-15,23H2,1-3H3,(H,24,28)(H,25,29,30). The number of aryl methyl sites for hydroxylation is 1. The summed E-state index contributed by atoms with van der Waals surface area (Å²) in [6.45, 7) is 5.28. The van der Waals surface area contributed by atoms with Crippen molar-refractivity contribution in [3.05, 3.63) is 56.7 Å². The number of nitrogen functional groups attached to an aromatic ring is 1. The van der Waals surface area contributed by atoms with Crippen LogP contribution in [0.15, 0.2) is 39.9 Å². The number of aromatic amines is 1. The van der Waals surface area contributed by atoms with E-state index in [4.69, 9.17) is 10.5 Å². The molecule has 0 spiro atoms. The highest BCUT2D eigenvalue weighted by Gasteiger charge is 2.21. The average Bonchev–Trinajstić information content (AvgIpc) is 2.72. The molecule has 0 unspecified atom stereocenters. The predicted molar refractivity (Wildman–Crippen MR) is 122 cm³/mol. The number of nitrogens with one attached hydrogen (secondary N) is 2. The zero-order valence-electron chi connectivity index (χ0n) is 18.5. The highest BCUT2D eigenvalue weighted by molar-refractivity contribution is 5.82. The first-order chi connectivity index (χ1) is 14.8. The first-order valence-electron chi connectivity index (χ1n) is 10.5. The van der Waals surface area contributed by atoms with Crippen molar-refractivity contribution in [1.29, 1.82) is 0 Å². The van der Waals surface area contributed by atoms with E-state index in [1.807, 2.05) is 32.0 Å². The second-order valence-corrected chi connectivity index (χ2v) is 7.85. The normalized spacial score (nSPS) is 11.0. The lowest BCUT2D eigenvalue weighted by Gasteiger charge is -2.25. The van der Waals surface area contributed by atoms with Gasteiger partial charge in [-0.25, -0.2) is 4.79 Å². The maximum Gasteiger partial charge on any atom is 0.330 e. The van der Waals surface area contributed by atoms with Crippen LogP contribution in [-0.2, 0) is 22.5 Å². The van der Waals surface area contributed by atoms with E-state index in [1.165, 1.54) is 17.2 Å². The number of methoxy groups -OCH3 is 1. The number of carbonyl (C=O) groups excluding carboxylic acids is 1. The minimum Gasteiger partial charge on any atom is -0.383 e. The minimum absolute atomic E-state index is 0.0513. The average molecular weight is 432 g/mol. The molecule has 0 bridgehead atoms. The van der Waals surface area contributed by atoms with E-state index in [-0.39, 0.29) is 36.4 Å². The van der Waals surface area contributed by atoms with Gasteiger partial charge in [-0.1, -0.05) is 44.2 Å². The van der Waals surface area contributed by atoms with E-state index in [1.54, 1.807) is 4.90 Å². The van der Waals surface area contributed by atoms with Crippen LogP contribution in [-0.4, -0.2) is 48.8 Å². The molecule has 0 aliphatic rings. The van der Waals surface area contributed by atoms with Gasteiger partial charge in [0.05, 0.1) is 13.2 Å². The van der Waals surface area contributed by atoms with Gasteiger partial charge in [0.25, 0.3) is 5.56 Å². The van der Waals surface area contributed by atoms with Gasteiger partial charge in [0.2, 0.25) is 5.91 Å². The number of H-pyrrole nitrogens is 1. The van der Waals surface area contributed by atoms with E-state index in [0.29, 0.717) is 19.7 Å². The van der Waals surface area contributed by atoms with Crippen LogP contribution < -0.4 is 27.2 Å². The molecule has 1 aromatic carbocycles. The van der Waals surface area contributed by atoms with E-state index < -0.39 is 11.2 Å². The number of ether oxygens (including phenoxy) is 1. The molecule has 31 heavy (non-hydrogen) atoms. The van der Waals surface area contributed by atoms with Gasteiger partial charge in [-0.15, -0.1) is 0 Å². The lowest BCUT2D eigenvalue weighted by molar-refractivity contribution is -0.119. The molecule has 2 rings (SSSR count). The molecule has 0 fully saturated rings. The fourth-order valence-corrected chi connectivity index (χ4v) is 3.30. The van der Waals surface area contributed by atoms with Crippen molar-refractivity contribution >= 4 is 17.4 Å². The molecule has 1 heterocycles. The van der Waals surface area contributed by atoms with Crippen molar-refractivity contribution < 1.29 is 9.53 Å². The van der Waals surface area contributed by atoms with Gasteiger partial charge < -0.3 is 20.7 Å². The molecule has 1 amide bonds. The third kappa shape index (κ3) is 7.29. The monoisotopic (exact) mass is 431 g/mol. The Balaban J connectivity index is 2.09. The van der Waals surface area contributed by atoms with Gasteiger partial charge in [0, 0.05) is 26.7 Å². The largest absolute Gasteiger partial charge is 0.383 e. The molecule has 170 valence electrons. The van der Waals surface area contributed by atoms with Gasteiger partial charge in [-0.3, -0.25) is 19.1 Å². The highest BCUT2D eigenvalue weighted by Crippen LogP contribution is 2.17. The fourth-order valence-electron chi connectivity index (χ4n) is 3.30. The smallest absolute Gasteiger partial charge is 0.330 e. The maximum atomic E-state index is 12.5. The van der Waals surface area contributed by atoms with Crippen molar-refractivity contribution in [2.75, 3.05) is 44.0 Å². The second kappa shape index (κ2) is 11.9. The van der Waals surface area contributed by atoms with Crippen molar-refractivity contribution in [2.24, 2.45) is 5.92 Å². The molecule has 0 saturated carbocycles. The van der Waals surface area contributed by atoms with E-state index in [2.05, 4.69) is 22.4 Å². The first kappa shape index (κ1) is 24.2. The molecule has 1 aromatic heterocycles. The predicted octanol–water partition coefficient (Wildman–Crippen LogP) is 0.977. The molecule has 0 atom stereocenters.